The van der Waals surface area contributed by atoms with E-state index in [-0.39, 0.29) is 29.1 Å². The molecule has 3 aromatic rings. The number of carbonyl (C=O) groups is 2. The van der Waals surface area contributed by atoms with E-state index in [4.69, 9.17) is 11.6 Å². The molecule has 3 aromatic carbocycles. The van der Waals surface area contributed by atoms with Crippen molar-refractivity contribution in [3.8, 4) is 0 Å². The van der Waals surface area contributed by atoms with Gasteiger partial charge in [0.15, 0.2) is 0 Å². The number of benzene rings is 3. The summed E-state index contributed by atoms with van der Waals surface area (Å²) >= 11 is 6.39. The van der Waals surface area contributed by atoms with Crippen molar-refractivity contribution < 1.29 is 18.0 Å². The first kappa shape index (κ1) is 31.2. The zero-order valence-electron chi connectivity index (χ0n) is 23.9. The van der Waals surface area contributed by atoms with Crippen molar-refractivity contribution in [1.82, 2.24) is 10.2 Å². The molecule has 0 saturated carbocycles. The lowest BCUT2D eigenvalue weighted by Gasteiger charge is -2.33. The Morgan fingerprint density at radius 1 is 0.925 bits per heavy atom. The summed E-state index contributed by atoms with van der Waals surface area (Å²) in [4.78, 5) is 28.8. The predicted molar refractivity (Wildman–Crippen MR) is 161 cm³/mol. The topological polar surface area (TPSA) is 86.8 Å². The Labute approximate surface area is 243 Å². The van der Waals surface area contributed by atoms with E-state index in [1.54, 1.807) is 30.3 Å². The average molecular weight is 584 g/mol. The highest BCUT2D eigenvalue weighted by molar-refractivity contribution is 7.92. The molecule has 0 radical (unpaired) electrons. The van der Waals surface area contributed by atoms with Gasteiger partial charge < -0.3 is 10.2 Å². The zero-order chi connectivity index (χ0) is 29.6. The molecule has 0 unspecified atom stereocenters. The highest BCUT2D eigenvalue weighted by atomic mass is 35.5. The highest BCUT2D eigenvalue weighted by Crippen LogP contribution is 2.29. The van der Waals surface area contributed by atoms with Crippen molar-refractivity contribution in [2.75, 3.05) is 10.8 Å². The summed E-state index contributed by atoms with van der Waals surface area (Å²) < 4.78 is 29.0. The van der Waals surface area contributed by atoms with Crippen LogP contribution in [0, 0.1) is 20.8 Å². The summed E-state index contributed by atoms with van der Waals surface area (Å²) in [6.07, 6.45) is 0.358. The Kier molecular flexibility index (Phi) is 10.4. The van der Waals surface area contributed by atoms with Gasteiger partial charge in [-0.15, -0.1) is 0 Å². The molecule has 0 spiro atoms. The van der Waals surface area contributed by atoms with Gasteiger partial charge in [-0.2, -0.15) is 0 Å². The van der Waals surface area contributed by atoms with Gasteiger partial charge in [-0.1, -0.05) is 72.1 Å². The van der Waals surface area contributed by atoms with Gasteiger partial charge in [0.25, 0.3) is 10.0 Å². The molecule has 0 aliphatic heterocycles. The second kappa shape index (κ2) is 13.3. The minimum atomic E-state index is -4.15. The SMILES string of the molecule is CC[C@H](C(=O)NC(C)C)N(Cc1cccc(C)c1)C(=O)CN(c1ccc(C)c(Cl)c1)S(=O)(=O)c1ccc(C)cc1. The second-order valence-corrected chi connectivity index (χ2v) is 12.6. The van der Waals surface area contributed by atoms with Crippen LogP contribution in [0.5, 0.6) is 0 Å². The third-order valence-corrected chi connectivity index (χ3v) is 8.78. The van der Waals surface area contributed by atoms with E-state index < -0.39 is 28.5 Å². The molecule has 0 bridgehead atoms. The van der Waals surface area contributed by atoms with Gasteiger partial charge in [-0.3, -0.25) is 13.9 Å². The first-order valence-electron chi connectivity index (χ1n) is 13.3. The van der Waals surface area contributed by atoms with Crippen LogP contribution >= 0.6 is 11.6 Å². The Morgan fingerprint density at radius 3 is 2.17 bits per heavy atom. The first-order chi connectivity index (χ1) is 18.8. The van der Waals surface area contributed by atoms with Crippen LogP contribution in [0.4, 0.5) is 5.69 Å². The van der Waals surface area contributed by atoms with Crippen molar-refractivity contribution in [3.63, 3.8) is 0 Å². The van der Waals surface area contributed by atoms with Gasteiger partial charge in [0.2, 0.25) is 11.8 Å². The zero-order valence-corrected chi connectivity index (χ0v) is 25.5. The Hall–Kier alpha value is -3.36. The highest BCUT2D eigenvalue weighted by Gasteiger charge is 2.34. The summed E-state index contributed by atoms with van der Waals surface area (Å²) in [5, 5.41) is 3.29. The molecule has 1 N–H and O–H groups in total. The number of rotatable bonds is 11. The first-order valence-corrected chi connectivity index (χ1v) is 15.2. The lowest BCUT2D eigenvalue weighted by atomic mass is 10.1. The normalized spacial score (nSPS) is 12.2. The molecular formula is C31H38ClN3O4S. The van der Waals surface area contributed by atoms with Gasteiger partial charge in [-0.05, 0) is 76.4 Å². The molecule has 0 saturated heterocycles. The second-order valence-electron chi connectivity index (χ2n) is 10.4. The molecule has 3 rings (SSSR count). The number of nitrogens with zero attached hydrogens (tertiary/aromatic N) is 2. The summed E-state index contributed by atoms with van der Waals surface area (Å²) in [7, 11) is -4.15. The van der Waals surface area contributed by atoms with Gasteiger partial charge >= 0.3 is 0 Å². The van der Waals surface area contributed by atoms with E-state index in [1.165, 1.54) is 17.0 Å². The molecule has 2 amide bonds. The van der Waals surface area contributed by atoms with Crippen molar-refractivity contribution >= 4 is 39.1 Å². The quantitative estimate of drug-likeness (QED) is 0.309. The summed E-state index contributed by atoms with van der Waals surface area (Å²) in [5.41, 5.74) is 3.81. The van der Waals surface area contributed by atoms with Crippen LogP contribution in [-0.4, -0.2) is 43.8 Å². The molecule has 0 aromatic heterocycles. The van der Waals surface area contributed by atoms with Crippen LogP contribution in [0.3, 0.4) is 0 Å². The number of hydrogen-bond acceptors (Lipinski definition) is 4. The Balaban J connectivity index is 2.09. The number of halogens is 1. The third kappa shape index (κ3) is 7.64. The Morgan fingerprint density at radius 2 is 1.60 bits per heavy atom. The molecule has 9 heteroatoms. The average Bonchev–Trinajstić information content (AvgIpc) is 2.88. The molecular weight excluding hydrogens is 546 g/mol. The minimum Gasteiger partial charge on any atom is -0.352 e. The minimum absolute atomic E-state index is 0.0532. The molecule has 7 nitrogen and oxygen atoms in total. The van der Waals surface area contributed by atoms with Gasteiger partial charge in [0.05, 0.1) is 10.6 Å². The molecule has 214 valence electrons. The van der Waals surface area contributed by atoms with Crippen molar-refractivity contribution in [3.05, 3.63) is 94.0 Å². The third-order valence-electron chi connectivity index (χ3n) is 6.58. The van der Waals surface area contributed by atoms with Gasteiger partial charge in [-0.25, -0.2) is 8.42 Å². The monoisotopic (exact) mass is 583 g/mol. The number of hydrogen-bond donors (Lipinski definition) is 1. The maximum atomic E-state index is 14.1. The molecule has 0 heterocycles. The molecule has 1 atom stereocenters. The standard InChI is InChI=1S/C31H38ClN3O4S/c1-7-29(31(37)33-21(2)3)34(19-25-10-8-9-23(5)17-25)30(36)20-35(26-14-13-24(6)28(32)18-26)40(38,39)27-15-11-22(4)12-16-27/h8-18,21,29H,7,19-20H2,1-6H3,(H,33,37)/t29-/m1/s1. The van der Waals surface area contributed by atoms with E-state index in [0.29, 0.717) is 11.4 Å². The van der Waals surface area contributed by atoms with Crippen LogP contribution in [0.1, 0.15) is 49.4 Å². The van der Waals surface area contributed by atoms with Crippen molar-refractivity contribution in [2.24, 2.45) is 0 Å². The predicted octanol–water partition coefficient (Wildman–Crippen LogP) is 5.79. The molecule has 0 aliphatic carbocycles. The molecule has 0 aliphatic rings. The molecule has 0 fully saturated rings. The lowest BCUT2D eigenvalue weighted by molar-refractivity contribution is -0.140. The number of amides is 2. The van der Waals surface area contributed by atoms with Crippen LogP contribution < -0.4 is 9.62 Å². The number of sulfonamides is 1. The van der Waals surface area contributed by atoms with Crippen LogP contribution in [0.2, 0.25) is 5.02 Å². The lowest BCUT2D eigenvalue weighted by Crippen LogP contribution is -2.53. The summed E-state index contributed by atoms with van der Waals surface area (Å²) in [5.74, 6) is -0.788. The molecule has 40 heavy (non-hydrogen) atoms. The number of anilines is 1. The van der Waals surface area contributed by atoms with Crippen molar-refractivity contribution in [1.29, 1.82) is 0 Å². The van der Waals surface area contributed by atoms with E-state index in [2.05, 4.69) is 5.32 Å². The summed E-state index contributed by atoms with van der Waals surface area (Å²) in [6, 6.07) is 18.1. The fraction of sp³-hybridized carbons (Fsp3) is 0.355. The van der Waals surface area contributed by atoms with E-state index in [9.17, 15) is 18.0 Å². The fourth-order valence-electron chi connectivity index (χ4n) is 4.41. The van der Waals surface area contributed by atoms with Crippen LogP contribution in [0.15, 0.2) is 71.6 Å². The van der Waals surface area contributed by atoms with Crippen LogP contribution in [-0.2, 0) is 26.2 Å². The Bertz CT molecular complexity index is 1460. The fourth-order valence-corrected chi connectivity index (χ4v) is 5.99. The van der Waals surface area contributed by atoms with E-state index in [1.807, 2.05) is 65.8 Å². The number of nitrogens with one attached hydrogen (secondary N) is 1. The van der Waals surface area contributed by atoms with E-state index in [0.717, 1.165) is 26.6 Å². The van der Waals surface area contributed by atoms with Crippen molar-refractivity contribution in [2.45, 2.75) is 71.5 Å². The smallest absolute Gasteiger partial charge is 0.264 e. The van der Waals surface area contributed by atoms with E-state index >= 15 is 0 Å². The summed E-state index contributed by atoms with van der Waals surface area (Å²) in [6.45, 7) is 10.8. The van der Waals surface area contributed by atoms with Gasteiger partial charge in [0, 0.05) is 17.6 Å². The van der Waals surface area contributed by atoms with Gasteiger partial charge in [0.1, 0.15) is 12.6 Å². The number of carbonyl (C=O) groups excluding carboxylic acids is 2. The van der Waals surface area contributed by atoms with Crippen LogP contribution in [0.25, 0.3) is 0 Å². The maximum absolute atomic E-state index is 14.1. The maximum Gasteiger partial charge on any atom is 0.264 e. The number of aryl methyl sites for hydroxylation is 3. The largest absolute Gasteiger partial charge is 0.352 e.